The van der Waals surface area contributed by atoms with Crippen LogP contribution in [0.15, 0.2) is 35.3 Å². The van der Waals surface area contributed by atoms with Crippen LogP contribution in [0.3, 0.4) is 0 Å². The summed E-state index contributed by atoms with van der Waals surface area (Å²) in [4.78, 5) is 4.37. The zero-order valence-corrected chi connectivity index (χ0v) is 11.2. The average molecular weight is 262 g/mol. The zero-order valence-electron chi connectivity index (χ0n) is 11.2. The van der Waals surface area contributed by atoms with E-state index < -0.39 is 0 Å². The van der Waals surface area contributed by atoms with Gasteiger partial charge in [-0.05, 0) is 18.4 Å². The van der Waals surface area contributed by atoms with Crippen LogP contribution in [-0.2, 0) is 4.74 Å². The number of aliphatic hydroxyl groups excluding tert-OH is 1. The molecule has 0 radical (unpaired) electrons. The van der Waals surface area contributed by atoms with Crippen LogP contribution in [0.4, 0.5) is 0 Å². The Kier molecular flexibility index (Phi) is 6.01. The Bertz CT molecular complexity index is 381. The lowest BCUT2D eigenvalue weighted by molar-refractivity contribution is 0.0126. The van der Waals surface area contributed by atoms with Crippen molar-refractivity contribution in [2.45, 2.75) is 25.0 Å². The molecule has 1 heterocycles. The molecule has 2 unspecified atom stereocenters. The molecule has 2 atom stereocenters. The summed E-state index contributed by atoms with van der Waals surface area (Å²) in [7, 11) is 0. The molecule has 1 aromatic rings. The van der Waals surface area contributed by atoms with Gasteiger partial charge in [-0.25, -0.2) is 0 Å². The number of benzene rings is 1. The second-order valence-corrected chi connectivity index (χ2v) is 4.79. The maximum Gasteiger partial charge on any atom is 0.0811 e. The fourth-order valence-corrected chi connectivity index (χ4v) is 2.18. The largest absolute Gasteiger partial charge is 0.394 e. The number of ether oxygens (including phenoxy) is 1. The molecule has 19 heavy (non-hydrogen) atoms. The van der Waals surface area contributed by atoms with Crippen molar-refractivity contribution in [1.29, 1.82) is 0 Å². The molecule has 1 aliphatic heterocycles. The summed E-state index contributed by atoms with van der Waals surface area (Å²) in [6, 6.07) is 10.1. The van der Waals surface area contributed by atoms with Crippen molar-refractivity contribution in [3.8, 4) is 0 Å². The topological polar surface area (TPSA) is 53.8 Å². The van der Waals surface area contributed by atoms with Crippen molar-refractivity contribution >= 4 is 6.21 Å². The lowest BCUT2D eigenvalue weighted by Gasteiger charge is -2.12. The average Bonchev–Trinajstić information content (AvgIpc) is 2.92. The van der Waals surface area contributed by atoms with Gasteiger partial charge >= 0.3 is 0 Å². The molecule has 0 spiro atoms. The van der Waals surface area contributed by atoms with Gasteiger partial charge in [0.1, 0.15) is 0 Å². The number of rotatable bonds is 7. The van der Waals surface area contributed by atoms with E-state index in [-0.39, 0.29) is 18.8 Å². The van der Waals surface area contributed by atoms with Crippen LogP contribution in [-0.4, -0.2) is 49.8 Å². The van der Waals surface area contributed by atoms with Gasteiger partial charge in [0.15, 0.2) is 0 Å². The van der Waals surface area contributed by atoms with Crippen molar-refractivity contribution in [3.63, 3.8) is 0 Å². The number of aliphatic imine (C=N–C) groups is 1. The Morgan fingerprint density at radius 1 is 1.26 bits per heavy atom. The summed E-state index contributed by atoms with van der Waals surface area (Å²) in [6.07, 6.45) is 4.19. The van der Waals surface area contributed by atoms with E-state index in [0.29, 0.717) is 0 Å². The van der Waals surface area contributed by atoms with Crippen LogP contribution >= 0.6 is 0 Å². The summed E-state index contributed by atoms with van der Waals surface area (Å²) >= 11 is 0. The van der Waals surface area contributed by atoms with Gasteiger partial charge in [0.05, 0.1) is 25.4 Å². The number of aliphatic hydroxyl groups is 1. The van der Waals surface area contributed by atoms with Gasteiger partial charge in [-0.1, -0.05) is 30.3 Å². The van der Waals surface area contributed by atoms with Gasteiger partial charge in [0.25, 0.3) is 0 Å². The normalized spacial score (nSPS) is 23.2. The van der Waals surface area contributed by atoms with Crippen LogP contribution in [0, 0.1) is 0 Å². The smallest absolute Gasteiger partial charge is 0.0811 e. The molecule has 1 fully saturated rings. The van der Waals surface area contributed by atoms with E-state index in [0.717, 1.165) is 38.0 Å². The molecule has 0 aliphatic carbocycles. The van der Waals surface area contributed by atoms with Gasteiger partial charge in [0.2, 0.25) is 0 Å². The minimum Gasteiger partial charge on any atom is -0.394 e. The molecule has 0 bridgehead atoms. The van der Waals surface area contributed by atoms with E-state index in [2.05, 4.69) is 10.3 Å². The molecule has 0 amide bonds. The van der Waals surface area contributed by atoms with Crippen LogP contribution in [0.25, 0.3) is 0 Å². The molecule has 4 heteroatoms. The minimum absolute atomic E-state index is 0.0444. The summed E-state index contributed by atoms with van der Waals surface area (Å²) in [5.74, 6) is 0. The molecule has 1 aliphatic rings. The third-order valence-corrected chi connectivity index (χ3v) is 3.23. The molecule has 1 saturated heterocycles. The van der Waals surface area contributed by atoms with E-state index in [1.165, 1.54) is 0 Å². The third-order valence-electron chi connectivity index (χ3n) is 3.23. The first-order valence-corrected chi connectivity index (χ1v) is 6.90. The molecule has 2 rings (SSSR count). The Morgan fingerprint density at radius 2 is 2.05 bits per heavy atom. The van der Waals surface area contributed by atoms with Crippen LogP contribution < -0.4 is 5.32 Å². The highest BCUT2D eigenvalue weighted by Crippen LogP contribution is 2.18. The first-order valence-electron chi connectivity index (χ1n) is 6.90. The van der Waals surface area contributed by atoms with Gasteiger partial charge < -0.3 is 15.2 Å². The van der Waals surface area contributed by atoms with Gasteiger partial charge in [-0.3, -0.25) is 4.99 Å². The molecule has 0 aromatic heterocycles. The molecular formula is C15H22N2O2. The summed E-state index contributed by atoms with van der Waals surface area (Å²) < 4.78 is 5.64. The maximum absolute atomic E-state index is 8.97. The lowest BCUT2D eigenvalue weighted by atomic mass is 10.2. The lowest BCUT2D eigenvalue weighted by Crippen LogP contribution is -2.29. The monoisotopic (exact) mass is 262 g/mol. The number of hydrogen-bond acceptors (Lipinski definition) is 4. The van der Waals surface area contributed by atoms with Crippen LogP contribution in [0.1, 0.15) is 18.4 Å². The standard InChI is InChI=1S/C15H22N2O2/c18-12-15-7-6-14(19-15)11-17-9-8-16-10-13-4-2-1-3-5-13/h1-5,10,14-15,17-18H,6-9,11-12H2. The van der Waals surface area contributed by atoms with Gasteiger partial charge in [-0.2, -0.15) is 0 Å². The van der Waals surface area contributed by atoms with Crippen molar-refractivity contribution in [2.24, 2.45) is 4.99 Å². The van der Waals surface area contributed by atoms with E-state index in [9.17, 15) is 0 Å². The highest BCUT2D eigenvalue weighted by atomic mass is 16.5. The van der Waals surface area contributed by atoms with Crippen molar-refractivity contribution in [3.05, 3.63) is 35.9 Å². The Labute approximate surface area is 114 Å². The number of nitrogens with one attached hydrogen (secondary N) is 1. The van der Waals surface area contributed by atoms with Crippen molar-refractivity contribution < 1.29 is 9.84 Å². The molecule has 2 N–H and O–H groups in total. The Balaban J connectivity index is 1.54. The summed E-state index contributed by atoms with van der Waals surface area (Å²) in [6.45, 7) is 2.60. The highest BCUT2D eigenvalue weighted by molar-refractivity contribution is 5.79. The third kappa shape index (κ3) is 5.11. The number of hydrogen-bond donors (Lipinski definition) is 2. The fourth-order valence-electron chi connectivity index (χ4n) is 2.18. The predicted molar refractivity (Wildman–Crippen MR) is 76.8 cm³/mol. The molecule has 0 saturated carbocycles. The summed E-state index contributed by atoms with van der Waals surface area (Å²) in [5.41, 5.74) is 1.13. The van der Waals surface area contributed by atoms with Gasteiger partial charge in [0, 0.05) is 19.3 Å². The van der Waals surface area contributed by atoms with E-state index in [1.807, 2.05) is 36.5 Å². The number of nitrogens with zero attached hydrogens (tertiary/aromatic N) is 1. The Hall–Kier alpha value is -1.23. The predicted octanol–water partition coefficient (Wildman–Crippen LogP) is 1.23. The summed E-state index contributed by atoms with van der Waals surface area (Å²) in [5, 5.41) is 12.3. The fraction of sp³-hybridized carbons (Fsp3) is 0.533. The zero-order chi connectivity index (χ0) is 13.3. The molecule has 1 aromatic carbocycles. The van der Waals surface area contributed by atoms with Crippen LogP contribution in [0.5, 0.6) is 0 Å². The first-order chi connectivity index (χ1) is 9.38. The Morgan fingerprint density at radius 3 is 2.79 bits per heavy atom. The van der Waals surface area contributed by atoms with E-state index >= 15 is 0 Å². The first kappa shape index (κ1) is 14.2. The highest BCUT2D eigenvalue weighted by Gasteiger charge is 2.23. The minimum atomic E-state index is 0.0444. The van der Waals surface area contributed by atoms with Crippen LogP contribution in [0.2, 0.25) is 0 Å². The van der Waals surface area contributed by atoms with E-state index in [1.54, 1.807) is 0 Å². The van der Waals surface area contributed by atoms with Crippen molar-refractivity contribution in [2.75, 3.05) is 26.2 Å². The quantitative estimate of drug-likeness (QED) is 0.574. The van der Waals surface area contributed by atoms with Gasteiger partial charge in [-0.15, -0.1) is 0 Å². The molecule has 4 nitrogen and oxygen atoms in total. The second kappa shape index (κ2) is 8.04. The maximum atomic E-state index is 8.97. The van der Waals surface area contributed by atoms with Crippen molar-refractivity contribution in [1.82, 2.24) is 5.32 Å². The SMILES string of the molecule is OCC1CCC(CNCCN=Cc2ccccc2)O1. The van der Waals surface area contributed by atoms with E-state index in [4.69, 9.17) is 9.84 Å². The molecular weight excluding hydrogens is 240 g/mol. The second-order valence-electron chi connectivity index (χ2n) is 4.79. The molecule has 104 valence electrons.